The lowest BCUT2D eigenvalue weighted by molar-refractivity contribution is -0.748. The molecule has 1 aromatic carbocycles. The molecule has 1 saturated heterocycles. The number of nitrogens with zero attached hydrogens (tertiary/aromatic N) is 1. The van der Waals surface area contributed by atoms with E-state index in [1.807, 2.05) is 23.5 Å². The van der Waals surface area contributed by atoms with Gasteiger partial charge < -0.3 is 4.74 Å². The Kier molecular flexibility index (Phi) is 5.50. The number of thioether (sulfide) groups is 2. The Morgan fingerprint density at radius 1 is 1.14 bits per heavy atom. The largest absolute Gasteiger partial charge is 0.380 e. The van der Waals surface area contributed by atoms with Gasteiger partial charge in [0.05, 0.1) is 29.1 Å². The molecule has 1 aliphatic heterocycles. The van der Waals surface area contributed by atoms with Crippen LogP contribution < -0.4 is 4.68 Å². The van der Waals surface area contributed by atoms with E-state index in [2.05, 4.69) is 54.0 Å². The summed E-state index contributed by atoms with van der Waals surface area (Å²) in [6, 6.07) is 10.6. The lowest BCUT2D eigenvalue weighted by Crippen LogP contribution is -2.39. The van der Waals surface area contributed by atoms with Crippen LogP contribution in [0.1, 0.15) is 27.1 Å². The summed E-state index contributed by atoms with van der Waals surface area (Å²) in [4.78, 5) is 0. The molecule has 0 unspecified atom stereocenters. The average Bonchev–Trinajstić information content (AvgIpc) is 2.75. The Balaban J connectivity index is 1.82. The number of aromatic nitrogens is 2. The number of aromatic amines is 1. The van der Waals surface area contributed by atoms with E-state index in [0.717, 1.165) is 31.3 Å². The van der Waals surface area contributed by atoms with Gasteiger partial charge >= 0.3 is 0 Å². The number of hydrogen-bond acceptors (Lipinski definition) is 3. The quantitative estimate of drug-likeness (QED) is 0.871. The van der Waals surface area contributed by atoms with Gasteiger partial charge in [0.25, 0.3) is 0 Å². The Hall–Kier alpha value is -0.910. The van der Waals surface area contributed by atoms with Crippen molar-refractivity contribution in [2.45, 2.75) is 25.0 Å². The maximum atomic E-state index is 5.55. The Bertz CT molecular complexity index is 605. The molecule has 3 nitrogen and oxygen atoms in total. The van der Waals surface area contributed by atoms with Gasteiger partial charge in [0, 0.05) is 24.0 Å². The Morgan fingerprint density at radius 2 is 1.82 bits per heavy atom. The smallest absolute Gasteiger partial charge is 0.210 e. The molecule has 2 aromatic rings. The third-order valence-electron chi connectivity index (χ3n) is 3.91. The maximum absolute atomic E-state index is 5.55. The predicted octanol–water partition coefficient (Wildman–Crippen LogP) is 3.46. The highest BCUT2D eigenvalue weighted by Crippen LogP contribution is 2.42. The van der Waals surface area contributed by atoms with Crippen LogP contribution in [0.4, 0.5) is 0 Å². The molecule has 0 radical (unpaired) electrons. The van der Waals surface area contributed by atoms with Gasteiger partial charge in [0.1, 0.15) is 0 Å². The van der Waals surface area contributed by atoms with Gasteiger partial charge in [-0.1, -0.05) is 30.3 Å². The zero-order valence-electron chi connectivity index (χ0n) is 13.2. The summed E-state index contributed by atoms with van der Waals surface area (Å²) < 4.78 is 8.33. The van der Waals surface area contributed by atoms with E-state index >= 15 is 0 Å². The standard InChI is InChI=1S/C17H22N2OS2/c1-13-16(17-21-10-8-20-9-11-22-17)14(2)19(18-13)12-15-6-4-3-5-7-15/h3-7,17H,8-12H2,1-2H3/p+1. The lowest BCUT2D eigenvalue weighted by Gasteiger charge is -2.18. The van der Waals surface area contributed by atoms with Crippen LogP contribution in [-0.4, -0.2) is 29.8 Å². The fraction of sp³-hybridized carbons (Fsp3) is 0.471. The molecule has 1 N–H and O–H groups in total. The van der Waals surface area contributed by atoms with Crippen molar-refractivity contribution >= 4 is 23.5 Å². The minimum absolute atomic E-state index is 0.511. The normalized spacial score (nSPS) is 17.2. The second kappa shape index (κ2) is 7.57. The average molecular weight is 336 g/mol. The van der Waals surface area contributed by atoms with E-state index in [-0.39, 0.29) is 0 Å². The summed E-state index contributed by atoms with van der Waals surface area (Å²) in [5, 5.41) is 3.55. The highest BCUT2D eigenvalue weighted by molar-refractivity contribution is 8.16. The minimum Gasteiger partial charge on any atom is -0.380 e. The summed E-state index contributed by atoms with van der Waals surface area (Å²) in [5.41, 5.74) is 5.44. The molecule has 0 bridgehead atoms. The summed E-state index contributed by atoms with van der Waals surface area (Å²) in [6.45, 7) is 7.07. The molecule has 0 amide bonds. The first-order valence-electron chi connectivity index (χ1n) is 7.69. The van der Waals surface area contributed by atoms with E-state index in [4.69, 9.17) is 4.74 Å². The van der Waals surface area contributed by atoms with Gasteiger partial charge in [-0.05, 0) is 6.92 Å². The fourth-order valence-electron chi connectivity index (χ4n) is 2.78. The summed E-state index contributed by atoms with van der Waals surface area (Å²) in [6.07, 6.45) is 0. The second-order valence-corrected chi connectivity index (χ2v) is 8.22. The van der Waals surface area contributed by atoms with Crippen LogP contribution in [0.15, 0.2) is 30.3 Å². The monoisotopic (exact) mass is 335 g/mol. The Morgan fingerprint density at radius 3 is 2.50 bits per heavy atom. The number of rotatable bonds is 3. The number of hydrogen-bond donors (Lipinski definition) is 1. The first-order valence-corrected chi connectivity index (χ1v) is 9.79. The molecule has 1 aromatic heterocycles. The van der Waals surface area contributed by atoms with Gasteiger partial charge in [-0.15, -0.1) is 28.2 Å². The number of ether oxygens (including phenoxy) is 1. The van der Waals surface area contributed by atoms with Crippen LogP contribution in [0, 0.1) is 13.8 Å². The van der Waals surface area contributed by atoms with Gasteiger partial charge in [0.2, 0.25) is 5.69 Å². The van der Waals surface area contributed by atoms with Gasteiger partial charge in [-0.2, -0.15) is 5.10 Å². The first-order chi connectivity index (χ1) is 10.8. The van der Waals surface area contributed by atoms with Crippen LogP contribution in [0.2, 0.25) is 0 Å². The highest BCUT2D eigenvalue weighted by Gasteiger charge is 2.27. The van der Waals surface area contributed by atoms with E-state index in [1.165, 1.54) is 22.5 Å². The van der Waals surface area contributed by atoms with Crippen LogP contribution >= 0.6 is 23.5 Å². The van der Waals surface area contributed by atoms with Crippen molar-refractivity contribution < 1.29 is 9.42 Å². The van der Waals surface area contributed by atoms with Gasteiger partial charge in [-0.3, -0.25) is 0 Å². The SMILES string of the molecule is Cc1[nH][n+](Cc2ccccc2)c(C)c1C1SCCOCCS1. The molecule has 3 rings (SSSR count). The van der Waals surface area contributed by atoms with Crippen LogP contribution in [0.3, 0.4) is 0 Å². The van der Waals surface area contributed by atoms with Gasteiger partial charge in [0.15, 0.2) is 6.54 Å². The van der Waals surface area contributed by atoms with Crippen molar-refractivity contribution in [3.05, 3.63) is 52.8 Å². The zero-order chi connectivity index (χ0) is 15.4. The predicted molar refractivity (Wildman–Crippen MR) is 94.5 cm³/mol. The molecule has 0 aliphatic carbocycles. The number of aryl methyl sites for hydroxylation is 1. The minimum atomic E-state index is 0.511. The van der Waals surface area contributed by atoms with Crippen LogP contribution in [0.5, 0.6) is 0 Å². The molecule has 0 spiro atoms. The second-order valence-electron chi connectivity index (χ2n) is 5.49. The van der Waals surface area contributed by atoms with Crippen LogP contribution in [-0.2, 0) is 11.3 Å². The van der Waals surface area contributed by atoms with E-state index in [1.54, 1.807) is 0 Å². The molecule has 118 valence electrons. The zero-order valence-corrected chi connectivity index (χ0v) is 14.8. The lowest BCUT2D eigenvalue weighted by atomic mass is 10.2. The summed E-state index contributed by atoms with van der Waals surface area (Å²) in [7, 11) is 0. The molecule has 0 saturated carbocycles. The molecular formula is C17H23N2OS2+. The molecule has 0 atom stereocenters. The Labute approximate surface area is 140 Å². The molecule has 22 heavy (non-hydrogen) atoms. The topological polar surface area (TPSA) is 28.9 Å². The van der Waals surface area contributed by atoms with Gasteiger partial charge in [-0.25, -0.2) is 0 Å². The number of nitrogens with one attached hydrogen (secondary N) is 1. The summed E-state index contributed by atoms with van der Waals surface area (Å²) in [5.74, 6) is 2.14. The number of H-pyrrole nitrogens is 1. The first kappa shape index (κ1) is 16.0. The van der Waals surface area contributed by atoms with E-state index in [9.17, 15) is 0 Å². The number of benzene rings is 1. The molecule has 1 fully saturated rings. The van der Waals surface area contributed by atoms with Crippen molar-refractivity contribution in [2.24, 2.45) is 0 Å². The molecule has 1 aliphatic rings. The molecule has 2 heterocycles. The fourth-order valence-corrected chi connectivity index (χ4v) is 5.63. The van der Waals surface area contributed by atoms with Crippen molar-refractivity contribution in [3.8, 4) is 0 Å². The van der Waals surface area contributed by atoms with Crippen molar-refractivity contribution in [1.29, 1.82) is 0 Å². The molecule has 5 heteroatoms. The van der Waals surface area contributed by atoms with Crippen LogP contribution in [0.25, 0.3) is 0 Å². The third-order valence-corrected chi connectivity index (χ3v) is 6.61. The third kappa shape index (κ3) is 3.70. The van der Waals surface area contributed by atoms with Crippen molar-refractivity contribution in [3.63, 3.8) is 0 Å². The van der Waals surface area contributed by atoms with E-state index in [0.29, 0.717) is 4.58 Å². The highest BCUT2D eigenvalue weighted by atomic mass is 32.2. The van der Waals surface area contributed by atoms with Crippen molar-refractivity contribution in [2.75, 3.05) is 24.7 Å². The van der Waals surface area contributed by atoms with Crippen molar-refractivity contribution in [1.82, 2.24) is 5.10 Å². The van der Waals surface area contributed by atoms with E-state index < -0.39 is 0 Å². The molecular weight excluding hydrogens is 312 g/mol. The maximum Gasteiger partial charge on any atom is 0.210 e. The summed E-state index contributed by atoms with van der Waals surface area (Å²) >= 11 is 4.01.